The van der Waals surface area contributed by atoms with Crippen LogP contribution in [-0.2, 0) is 26.0 Å². The molecule has 134 valence electrons. The molecule has 10 heteroatoms. The number of aromatic nitrogens is 4. The van der Waals surface area contributed by atoms with E-state index >= 15 is 0 Å². The fourth-order valence-electron chi connectivity index (χ4n) is 2.30. The summed E-state index contributed by atoms with van der Waals surface area (Å²) in [5.74, 6) is 0.0885. The molecular formula is C14H23N5O5. The van der Waals surface area contributed by atoms with Crippen molar-refractivity contribution in [3.8, 4) is 0 Å². The maximum Gasteiger partial charge on any atom is 0.282 e. The molecule has 2 aromatic rings. The van der Waals surface area contributed by atoms with Gasteiger partial charge < -0.3 is 24.7 Å². The van der Waals surface area contributed by atoms with Crippen LogP contribution in [0.25, 0.3) is 11.2 Å². The van der Waals surface area contributed by atoms with Crippen LogP contribution in [0.3, 0.4) is 0 Å². The maximum absolute atomic E-state index is 12.3. The number of nitrogens with two attached hydrogens (primary N) is 1. The van der Waals surface area contributed by atoms with Crippen molar-refractivity contribution in [2.24, 2.45) is 7.05 Å². The highest BCUT2D eigenvalue weighted by atomic mass is 16.6. The number of hydrogen-bond donors (Lipinski definition) is 1. The van der Waals surface area contributed by atoms with Gasteiger partial charge in [0.2, 0.25) is 5.95 Å². The number of imidazole rings is 1. The van der Waals surface area contributed by atoms with Crippen LogP contribution in [0.1, 0.15) is 6.23 Å². The molecule has 0 aliphatic rings. The first-order valence-electron chi connectivity index (χ1n) is 7.36. The average Bonchev–Trinajstić information content (AvgIpc) is 2.98. The molecule has 0 saturated heterocycles. The summed E-state index contributed by atoms with van der Waals surface area (Å²) < 4.78 is 24.4. The van der Waals surface area contributed by atoms with Crippen molar-refractivity contribution in [1.29, 1.82) is 0 Å². The highest BCUT2D eigenvalue weighted by molar-refractivity contribution is 5.70. The smallest absolute Gasteiger partial charge is 0.282 e. The minimum atomic E-state index is -0.603. The van der Waals surface area contributed by atoms with Gasteiger partial charge in [0.1, 0.15) is 6.10 Å². The fraction of sp³-hybridized carbons (Fsp3) is 0.643. The van der Waals surface area contributed by atoms with E-state index in [4.69, 9.17) is 24.7 Å². The molecule has 0 radical (unpaired) electrons. The second kappa shape index (κ2) is 8.20. The molecule has 0 amide bonds. The van der Waals surface area contributed by atoms with Crippen LogP contribution in [-0.4, -0.2) is 66.4 Å². The number of anilines is 1. The van der Waals surface area contributed by atoms with Gasteiger partial charge in [0.25, 0.3) is 5.56 Å². The first kappa shape index (κ1) is 18.3. The Kier molecular flexibility index (Phi) is 6.26. The van der Waals surface area contributed by atoms with Crippen molar-refractivity contribution < 1.29 is 18.9 Å². The van der Waals surface area contributed by atoms with Gasteiger partial charge in [-0.25, -0.2) is 4.98 Å². The number of rotatable bonds is 9. The lowest BCUT2D eigenvalue weighted by Crippen LogP contribution is -2.33. The predicted octanol–water partition coefficient (Wildman–Crippen LogP) is -0.465. The Morgan fingerprint density at radius 3 is 2.62 bits per heavy atom. The molecule has 0 fully saturated rings. The molecule has 2 atom stereocenters. The summed E-state index contributed by atoms with van der Waals surface area (Å²) in [7, 11) is 6.24. The molecule has 0 aliphatic heterocycles. The van der Waals surface area contributed by atoms with Crippen LogP contribution in [0.2, 0.25) is 0 Å². The van der Waals surface area contributed by atoms with E-state index in [1.54, 1.807) is 32.9 Å². The zero-order valence-corrected chi connectivity index (χ0v) is 14.3. The summed E-state index contributed by atoms with van der Waals surface area (Å²) in [6.45, 7) is 1.02. The van der Waals surface area contributed by atoms with Gasteiger partial charge in [-0.1, -0.05) is 0 Å². The molecule has 2 rings (SSSR count). The molecular weight excluding hydrogens is 318 g/mol. The van der Waals surface area contributed by atoms with Gasteiger partial charge in [0.05, 0.1) is 26.1 Å². The highest BCUT2D eigenvalue weighted by Gasteiger charge is 2.27. The molecule has 2 heterocycles. The predicted molar refractivity (Wildman–Crippen MR) is 86.7 cm³/mol. The molecule has 2 aromatic heterocycles. The van der Waals surface area contributed by atoms with E-state index in [0.717, 1.165) is 0 Å². The van der Waals surface area contributed by atoms with Crippen LogP contribution in [0.4, 0.5) is 5.95 Å². The van der Waals surface area contributed by atoms with E-state index in [-0.39, 0.29) is 23.6 Å². The van der Waals surface area contributed by atoms with Gasteiger partial charge in [-0.3, -0.25) is 13.9 Å². The topological polar surface area (TPSA) is 116 Å². The lowest BCUT2D eigenvalue weighted by atomic mass is 10.3. The van der Waals surface area contributed by atoms with E-state index in [2.05, 4.69) is 9.97 Å². The summed E-state index contributed by atoms with van der Waals surface area (Å²) in [4.78, 5) is 20.7. The SMILES string of the molecule is COCCO[C@H]([C@@H](COC)OC)n1cnc2c(=O)n(C)c(N)nc21. The normalized spacial score (nSPS) is 14.2. The third-order valence-electron chi connectivity index (χ3n) is 3.64. The van der Waals surface area contributed by atoms with Gasteiger partial charge in [-0.05, 0) is 0 Å². The molecule has 0 aliphatic carbocycles. The summed E-state index contributed by atoms with van der Waals surface area (Å²) in [6, 6.07) is 0. The number of nitrogens with zero attached hydrogens (tertiary/aromatic N) is 4. The summed E-state index contributed by atoms with van der Waals surface area (Å²) in [5.41, 5.74) is 6.01. The molecule has 0 unspecified atom stereocenters. The molecule has 0 aromatic carbocycles. The average molecular weight is 341 g/mol. The van der Waals surface area contributed by atoms with Gasteiger partial charge in [-0.15, -0.1) is 0 Å². The van der Waals surface area contributed by atoms with Crippen LogP contribution < -0.4 is 11.3 Å². The van der Waals surface area contributed by atoms with E-state index in [0.29, 0.717) is 18.9 Å². The quantitative estimate of drug-likeness (QED) is 0.609. The van der Waals surface area contributed by atoms with Crippen molar-refractivity contribution in [2.75, 3.05) is 46.9 Å². The van der Waals surface area contributed by atoms with Crippen molar-refractivity contribution in [2.45, 2.75) is 12.3 Å². The number of methoxy groups -OCH3 is 3. The van der Waals surface area contributed by atoms with Gasteiger partial charge in [0, 0.05) is 28.4 Å². The lowest BCUT2D eigenvalue weighted by molar-refractivity contribution is -0.123. The van der Waals surface area contributed by atoms with E-state index in [1.165, 1.54) is 10.9 Å². The van der Waals surface area contributed by atoms with E-state index in [9.17, 15) is 4.79 Å². The number of fused-ring (bicyclic) bond motifs is 1. The molecule has 0 saturated carbocycles. The molecule has 24 heavy (non-hydrogen) atoms. The number of nitrogen functional groups attached to an aromatic ring is 1. The molecule has 0 bridgehead atoms. The Morgan fingerprint density at radius 2 is 2.00 bits per heavy atom. The van der Waals surface area contributed by atoms with E-state index < -0.39 is 12.3 Å². The van der Waals surface area contributed by atoms with Crippen molar-refractivity contribution >= 4 is 17.1 Å². The van der Waals surface area contributed by atoms with Gasteiger partial charge >= 0.3 is 0 Å². The molecule has 2 N–H and O–H groups in total. The van der Waals surface area contributed by atoms with Crippen LogP contribution in [0.15, 0.2) is 11.1 Å². The Labute approximate surface area is 139 Å². The second-order valence-electron chi connectivity index (χ2n) is 5.14. The highest BCUT2D eigenvalue weighted by Crippen LogP contribution is 2.21. The zero-order valence-electron chi connectivity index (χ0n) is 14.3. The monoisotopic (exact) mass is 341 g/mol. The first-order chi connectivity index (χ1) is 11.5. The van der Waals surface area contributed by atoms with Gasteiger partial charge in [-0.2, -0.15) is 4.98 Å². The number of hydrogen-bond acceptors (Lipinski definition) is 8. The largest absolute Gasteiger partial charge is 0.382 e. The molecule has 10 nitrogen and oxygen atoms in total. The Bertz CT molecular complexity index is 728. The summed E-state index contributed by atoms with van der Waals surface area (Å²) in [5, 5.41) is 0. The van der Waals surface area contributed by atoms with Crippen molar-refractivity contribution in [3.05, 3.63) is 16.7 Å². The van der Waals surface area contributed by atoms with Crippen LogP contribution in [0, 0.1) is 0 Å². The second-order valence-corrected chi connectivity index (χ2v) is 5.14. The lowest BCUT2D eigenvalue weighted by Gasteiger charge is -2.27. The first-order valence-corrected chi connectivity index (χ1v) is 7.36. The summed E-state index contributed by atoms with van der Waals surface area (Å²) in [6.07, 6.45) is 0.447. The van der Waals surface area contributed by atoms with Crippen molar-refractivity contribution in [1.82, 2.24) is 19.1 Å². The van der Waals surface area contributed by atoms with Crippen molar-refractivity contribution in [3.63, 3.8) is 0 Å². The fourth-order valence-corrected chi connectivity index (χ4v) is 2.30. The van der Waals surface area contributed by atoms with Crippen LogP contribution in [0.5, 0.6) is 0 Å². The minimum Gasteiger partial charge on any atom is -0.382 e. The van der Waals surface area contributed by atoms with E-state index in [1.807, 2.05) is 0 Å². The third kappa shape index (κ3) is 3.56. The Hall–Kier alpha value is -2.01. The Balaban J connectivity index is 2.48. The third-order valence-corrected chi connectivity index (χ3v) is 3.64. The maximum atomic E-state index is 12.3. The zero-order chi connectivity index (χ0) is 17.7. The minimum absolute atomic E-state index is 0.0885. The Morgan fingerprint density at radius 1 is 1.25 bits per heavy atom. The van der Waals surface area contributed by atoms with Gasteiger partial charge in [0.15, 0.2) is 17.4 Å². The standard InChI is InChI=1S/C14H23N5O5/c1-18-12(20)10-11(17-14(18)15)19(8-16-10)13(24-6-5-21-2)9(23-4)7-22-3/h8-9,13H,5-7H2,1-4H3,(H2,15,17)/t9-,13-/m1/s1. The molecule has 0 spiro atoms. The van der Waals surface area contributed by atoms with Crippen LogP contribution >= 0.6 is 0 Å². The number of ether oxygens (including phenoxy) is 4. The summed E-state index contributed by atoms with van der Waals surface area (Å²) >= 11 is 0.